The fourth-order valence-corrected chi connectivity index (χ4v) is 6.81. The number of aryl methyl sites for hydroxylation is 2. The predicted octanol–water partition coefficient (Wildman–Crippen LogP) is 6.77. The summed E-state index contributed by atoms with van der Waals surface area (Å²) in [6, 6.07) is 22.8. The summed E-state index contributed by atoms with van der Waals surface area (Å²) < 4.78 is 46.3. The molecule has 4 aromatic carbocycles. The number of nitrogens with one attached hydrogen (secondary N) is 1. The third kappa shape index (κ3) is 8.19. The zero-order valence-corrected chi connectivity index (χ0v) is 28.5. The summed E-state index contributed by atoms with van der Waals surface area (Å²) in [6.45, 7) is 3.76. The van der Waals surface area contributed by atoms with Crippen LogP contribution >= 0.6 is 31.9 Å². The van der Waals surface area contributed by atoms with Crippen molar-refractivity contribution in [1.29, 1.82) is 0 Å². The Morgan fingerprint density at radius 3 is 2.11 bits per heavy atom. The SMILES string of the molecule is COc1ccc(S(=O)(=O)N(CC(=O)N/N=C\c2cc(Br)c(OCc3ccc(C)cc3)c(OC)c2)c2ccc(C)cc2)cc1Br. The van der Waals surface area contributed by atoms with Crippen LogP contribution in [0.5, 0.6) is 17.2 Å². The van der Waals surface area contributed by atoms with Gasteiger partial charge in [0.15, 0.2) is 11.5 Å². The molecule has 0 spiro atoms. The Bertz CT molecular complexity index is 1760. The molecule has 0 saturated heterocycles. The maximum absolute atomic E-state index is 13.7. The number of benzene rings is 4. The smallest absolute Gasteiger partial charge is 0.264 e. The number of hydrogen-bond acceptors (Lipinski definition) is 7. The molecular weight excluding hydrogens is 714 g/mol. The minimum Gasteiger partial charge on any atom is -0.496 e. The number of methoxy groups -OCH3 is 2. The van der Waals surface area contributed by atoms with Gasteiger partial charge in [-0.05, 0) is 99.3 Å². The van der Waals surface area contributed by atoms with Crippen molar-refractivity contribution in [2.24, 2.45) is 5.10 Å². The Morgan fingerprint density at radius 1 is 0.864 bits per heavy atom. The van der Waals surface area contributed by atoms with Gasteiger partial charge in [-0.15, -0.1) is 0 Å². The monoisotopic (exact) mass is 743 g/mol. The highest BCUT2D eigenvalue weighted by atomic mass is 79.9. The third-order valence-corrected chi connectivity index (χ3v) is 9.46. The third-order valence-electron chi connectivity index (χ3n) is 6.48. The number of anilines is 1. The first-order valence-electron chi connectivity index (χ1n) is 13.3. The predicted molar refractivity (Wildman–Crippen MR) is 178 cm³/mol. The molecule has 44 heavy (non-hydrogen) atoms. The number of rotatable bonds is 12. The Kier molecular flexibility index (Phi) is 11.1. The molecule has 0 aromatic heterocycles. The van der Waals surface area contributed by atoms with Crippen molar-refractivity contribution in [3.05, 3.63) is 110 Å². The quantitative estimate of drug-likeness (QED) is 0.127. The van der Waals surface area contributed by atoms with Crippen LogP contribution in [-0.2, 0) is 21.4 Å². The van der Waals surface area contributed by atoms with Crippen LogP contribution in [0.1, 0.15) is 22.3 Å². The molecule has 9 nitrogen and oxygen atoms in total. The van der Waals surface area contributed by atoms with Gasteiger partial charge in [-0.1, -0.05) is 47.5 Å². The first-order valence-corrected chi connectivity index (χ1v) is 16.3. The molecule has 0 radical (unpaired) electrons. The zero-order chi connectivity index (χ0) is 31.9. The number of hydrazone groups is 1. The van der Waals surface area contributed by atoms with E-state index < -0.39 is 22.5 Å². The highest BCUT2D eigenvalue weighted by Crippen LogP contribution is 2.37. The topological polar surface area (TPSA) is 107 Å². The molecule has 0 fully saturated rings. The standard InChI is InChI=1S/C32H31Br2N3O6S/c1-21-5-9-23(10-6-21)20-43-32-28(34)15-24(16-30(32)42-4)18-35-36-31(38)19-37(25-11-7-22(2)8-12-25)44(39,40)26-13-14-29(41-3)27(33)17-26/h5-18H,19-20H2,1-4H3,(H,36,38)/b35-18-. The van der Waals surface area contributed by atoms with Gasteiger partial charge in [0.1, 0.15) is 18.9 Å². The molecule has 0 atom stereocenters. The Morgan fingerprint density at radius 2 is 1.50 bits per heavy atom. The fourth-order valence-electron chi connectivity index (χ4n) is 4.10. The number of nitrogens with zero attached hydrogens (tertiary/aromatic N) is 2. The van der Waals surface area contributed by atoms with Crippen molar-refractivity contribution < 1.29 is 27.4 Å². The fraction of sp³-hybridized carbons (Fsp3) is 0.188. The van der Waals surface area contributed by atoms with Crippen LogP contribution in [0.2, 0.25) is 0 Å². The number of carbonyl (C=O) groups excluding carboxylic acids is 1. The maximum Gasteiger partial charge on any atom is 0.264 e. The van der Waals surface area contributed by atoms with Crippen molar-refractivity contribution in [2.45, 2.75) is 25.3 Å². The molecule has 0 heterocycles. The molecule has 1 N–H and O–H groups in total. The van der Waals surface area contributed by atoms with E-state index in [1.54, 1.807) is 42.5 Å². The average molecular weight is 745 g/mol. The van der Waals surface area contributed by atoms with Crippen LogP contribution in [0.3, 0.4) is 0 Å². The Balaban J connectivity index is 1.50. The lowest BCUT2D eigenvalue weighted by Gasteiger charge is -2.24. The summed E-state index contributed by atoms with van der Waals surface area (Å²) >= 11 is 6.86. The Labute approximate surface area is 274 Å². The molecule has 4 rings (SSSR count). The number of halogens is 2. The van der Waals surface area contributed by atoms with E-state index in [-0.39, 0.29) is 4.90 Å². The number of hydrogen-bond donors (Lipinski definition) is 1. The van der Waals surface area contributed by atoms with E-state index in [2.05, 4.69) is 42.4 Å². The largest absolute Gasteiger partial charge is 0.496 e. The molecule has 230 valence electrons. The molecule has 0 aliphatic rings. The van der Waals surface area contributed by atoms with Crippen LogP contribution < -0.4 is 23.9 Å². The Hall–Kier alpha value is -3.87. The van der Waals surface area contributed by atoms with Crippen molar-refractivity contribution in [1.82, 2.24) is 5.43 Å². The van der Waals surface area contributed by atoms with Gasteiger partial charge in [-0.25, -0.2) is 13.8 Å². The first kappa shape index (κ1) is 33.0. The second kappa shape index (κ2) is 14.7. The van der Waals surface area contributed by atoms with Crippen molar-refractivity contribution in [3.8, 4) is 17.2 Å². The lowest BCUT2D eigenvalue weighted by atomic mass is 10.2. The van der Waals surface area contributed by atoms with E-state index >= 15 is 0 Å². The number of ether oxygens (including phenoxy) is 3. The van der Waals surface area contributed by atoms with Crippen LogP contribution in [0.25, 0.3) is 0 Å². The first-order chi connectivity index (χ1) is 21.0. The molecule has 0 aliphatic carbocycles. The maximum atomic E-state index is 13.7. The van der Waals surface area contributed by atoms with Crippen molar-refractivity contribution >= 4 is 59.7 Å². The van der Waals surface area contributed by atoms with Gasteiger partial charge in [0, 0.05) is 0 Å². The van der Waals surface area contributed by atoms with Crippen LogP contribution in [0.4, 0.5) is 5.69 Å². The van der Waals surface area contributed by atoms with Crippen LogP contribution in [0, 0.1) is 13.8 Å². The van der Waals surface area contributed by atoms with E-state index in [1.165, 1.54) is 38.1 Å². The lowest BCUT2D eigenvalue weighted by molar-refractivity contribution is -0.119. The number of amides is 1. The lowest BCUT2D eigenvalue weighted by Crippen LogP contribution is -2.39. The summed E-state index contributed by atoms with van der Waals surface area (Å²) in [4.78, 5) is 13.0. The van der Waals surface area contributed by atoms with Crippen LogP contribution in [-0.4, -0.2) is 41.3 Å². The van der Waals surface area contributed by atoms with E-state index in [1.807, 2.05) is 38.1 Å². The number of carbonyl (C=O) groups is 1. The molecule has 1 amide bonds. The van der Waals surface area contributed by atoms with Gasteiger partial charge < -0.3 is 14.2 Å². The van der Waals surface area contributed by atoms with E-state index in [0.29, 0.717) is 44.1 Å². The highest BCUT2D eigenvalue weighted by Gasteiger charge is 2.28. The van der Waals surface area contributed by atoms with Crippen molar-refractivity contribution in [3.63, 3.8) is 0 Å². The van der Waals surface area contributed by atoms with Gasteiger partial charge in [-0.2, -0.15) is 5.10 Å². The van der Waals surface area contributed by atoms with E-state index in [4.69, 9.17) is 14.2 Å². The van der Waals surface area contributed by atoms with Gasteiger partial charge in [0.25, 0.3) is 15.9 Å². The van der Waals surface area contributed by atoms with E-state index in [9.17, 15) is 13.2 Å². The minimum atomic E-state index is -4.14. The van der Waals surface area contributed by atoms with Gasteiger partial charge >= 0.3 is 0 Å². The molecule has 4 aromatic rings. The van der Waals surface area contributed by atoms with E-state index in [0.717, 1.165) is 15.4 Å². The minimum absolute atomic E-state index is 0.0105. The molecule has 0 aliphatic heterocycles. The molecule has 0 bridgehead atoms. The van der Waals surface area contributed by atoms with Gasteiger partial charge in [0.05, 0.1) is 40.0 Å². The molecular formula is C32H31Br2N3O6S. The normalized spacial score (nSPS) is 11.3. The zero-order valence-electron chi connectivity index (χ0n) is 24.5. The molecule has 0 unspecified atom stereocenters. The molecule has 12 heteroatoms. The van der Waals surface area contributed by atoms with Gasteiger partial charge in [-0.3, -0.25) is 9.10 Å². The highest BCUT2D eigenvalue weighted by molar-refractivity contribution is 9.11. The second-order valence-corrected chi connectivity index (χ2v) is 13.3. The summed E-state index contributed by atoms with van der Waals surface area (Å²) in [5.74, 6) is 0.842. The summed E-state index contributed by atoms with van der Waals surface area (Å²) in [7, 11) is -1.12. The summed E-state index contributed by atoms with van der Waals surface area (Å²) in [5, 5.41) is 4.05. The van der Waals surface area contributed by atoms with Gasteiger partial charge in [0.2, 0.25) is 0 Å². The van der Waals surface area contributed by atoms with Crippen molar-refractivity contribution in [2.75, 3.05) is 25.1 Å². The summed E-state index contributed by atoms with van der Waals surface area (Å²) in [5.41, 5.74) is 6.49. The van der Waals surface area contributed by atoms with Crippen LogP contribution in [0.15, 0.2) is 97.8 Å². The average Bonchev–Trinajstić information content (AvgIpc) is 3.00. The second-order valence-electron chi connectivity index (χ2n) is 9.75. The number of sulfonamides is 1. The summed E-state index contributed by atoms with van der Waals surface area (Å²) in [6.07, 6.45) is 1.43. The molecule has 0 saturated carbocycles.